The van der Waals surface area contributed by atoms with Crippen LogP contribution in [0.4, 0.5) is 16.6 Å². The molecular weight excluding hydrogens is 352 g/mol. The standard InChI is InChI=1S/C17H18N6O4/c1-2-11(15(24)25)23-9-19-12-13(20-16(18)22-14(12)23)21-17(26)27-8-10-6-4-3-5-7-10/h3-7,9,11H,2,8H2,1H3,(H,24,25)(H3,18,20,21,22,26). The Balaban J connectivity index is 1.83. The Morgan fingerprint density at radius 2 is 2.04 bits per heavy atom. The number of amides is 1. The molecule has 10 nitrogen and oxygen atoms in total. The van der Waals surface area contributed by atoms with E-state index in [1.54, 1.807) is 6.92 Å². The number of aliphatic carboxylic acids is 1. The van der Waals surface area contributed by atoms with Crippen LogP contribution >= 0.6 is 0 Å². The summed E-state index contributed by atoms with van der Waals surface area (Å²) in [4.78, 5) is 35.7. The Bertz CT molecular complexity index is 972. The summed E-state index contributed by atoms with van der Waals surface area (Å²) in [6.07, 6.45) is 0.923. The number of carboxylic acids is 1. The van der Waals surface area contributed by atoms with Gasteiger partial charge in [0, 0.05) is 0 Å². The van der Waals surface area contributed by atoms with Crippen molar-refractivity contribution in [3.63, 3.8) is 0 Å². The van der Waals surface area contributed by atoms with Crippen molar-refractivity contribution in [3.05, 3.63) is 42.2 Å². The molecule has 1 unspecified atom stereocenters. The summed E-state index contributed by atoms with van der Waals surface area (Å²) in [6.45, 7) is 1.82. The molecule has 0 aliphatic carbocycles. The van der Waals surface area contributed by atoms with Crippen molar-refractivity contribution >= 4 is 35.0 Å². The first-order chi connectivity index (χ1) is 13.0. The fourth-order valence-electron chi connectivity index (χ4n) is 2.59. The zero-order valence-electron chi connectivity index (χ0n) is 14.5. The summed E-state index contributed by atoms with van der Waals surface area (Å²) >= 11 is 0. The van der Waals surface area contributed by atoms with Gasteiger partial charge in [-0.1, -0.05) is 37.3 Å². The summed E-state index contributed by atoms with van der Waals surface area (Å²) in [5.41, 5.74) is 6.98. The lowest BCUT2D eigenvalue weighted by atomic mass is 10.2. The number of fused-ring (bicyclic) bond motifs is 1. The molecule has 140 valence electrons. The maximum Gasteiger partial charge on any atom is 0.413 e. The van der Waals surface area contributed by atoms with Crippen molar-refractivity contribution in [2.24, 2.45) is 0 Å². The van der Waals surface area contributed by atoms with Crippen molar-refractivity contribution in [1.82, 2.24) is 19.5 Å². The minimum atomic E-state index is -1.02. The van der Waals surface area contributed by atoms with Gasteiger partial charge in [0.1, 0.15) is 12.6 Å². The predicted molar refractivity (Wildman–Crippen MR) is 96.9 cm³/mol. The number of aromatic nitrogens is 4. The molecule has 0 saturated heterocycles. The van der Waals surface area contributed by atoms with E-state index >= 15 is 0 Å². The predicted octanol–water partition coefficient (Wildman–Crippen LogP) is 2.19. The second-order valence-corrected chi connectivity index (χ2v) is 5.70. The third-order valence-corrected chi connectivity index (χ3v) is 3.88. The maximum atomic E-state index is 12.1. The summed E-state index contributed by atoms with van der Waals surface area (Å²) in [6, 6.07) is 8.33. The number of carbonyl (C=O) groups excluding carboxylic acids is 1. The smallest absolute Gasteiger partial charge is 0.413 e. The topological polar surface area (TPSA) is 145 Å². The summed E-state index contributed by atoms with van der Waals surface area (Å²) in [7, 11) is 0. The highest BCUT2D eigenvalue weighted by Crippen LogP contribution is 2.24. The number of nitrogens with one attached hydrogen (secondary N) is 1. The molecule has 0 radical (unpaired) electrons. The van der Waals surface area contributed by atoms with Crippen LogP contribution < -0.4 is 11.1 Å². The van der Waals surface area contributed by atoms with E-state index < -0.39 is 18.1 Å². The normalized spacial score (nSPS) is 11.9. The molecule has 1 atom stereocenters. The Morgan fingerprint density at radius 3 is 2.70 bits per heavy atom. The van der Waals surface area contributed by atoms with Gasteiger partial charge < -0.3 is 20.1 Å². The average molecular weight is 370 g/mol. The number of anilines is 2. The van der Waals surface area contributed by atoms with Crippen LogP contribution in [0.15, 0.2) is 36.7 Å². The molecule has 27 heavy (non-hydrogen) atoms. The van der Waals surface area contributed by atoms with Crippen molar-refractivity contribution in [2.75, 3.05) is 11.1 Å². The number of carboxylic acid groups (broad SMARTS) is 1. The molecule has 2 aromatic heterocycles. The van der Waals surface area contributed by atoms with Crippen LogP contribution in [-0.4, -0.2) is 36.7 Å². The van der Waals surface area contributed by atoms with Crippen LogP contribution in [-0.2, 0) is 16.1 Å². The Kier molecular flexibility index (Phi) is 5.15. The van der Waals surface area contributed by atoms with E-state index in [4.69, 9.17) is 10.5 Å². The lowest BCUT2D eigenvalue weighted by molar-refractivity contribution is -0.140. The van der Waals surface area contributed by atoms with E-state index in [1.165, 1.54) is 10.9 Å². The molecule has 4 N–H and O–H groups in total. The lowest BCUT2D eigenvalue weighted by Crippen LogP contribution is -2.19. The fraction of sp³-hybridized carbons (Fsp3) is 0.235. The van der Waals surface area contributed by atoms with E-state index in [0.717, 1.165) is 5.56 Å². The SMILES string of the molecule is CCC(C(=O)O)n1cnc2c(NC(=O)OCc3ccccc3)nc(N)nc21. The van der Waals surface area contributed by atoms with E-state index in [-0.39, 0.29) is 29.5 Å². The lowest BCUT2D eigenvalue weighted by Gasteiger charge is -2.12. The van der Waals surface area contributed by atoms with Crippen molar-refractivity contribution in [2.45, 2.75) is 26.0 Å². The molecular formula is C17H18N6O4. The first kappa shape index (κ1) is 18.1. The summed E-state index contributed by atoms with van der Waals surface area (Å²) in [5, 5.41) is 11.8. The first-order valence-corrected chi connectivity index (χ1v) is 8.20. The van der Waals surface area contributed by atoms with Crippen LogP contribution in [0.3, 0.4) is 0 Å². The van der Waals surface area contributed by atoms with Gasteiger partial charge in [-0.05, 0) is 12.0 Å². The number of benzene rings is 1. The number of nitrogens with zero attached hydrogens (tertiary/aromatic N) is 4. The molecule has 3 rings (SSSR count). The largest absolute Gasteiger partial charge is 0.480 e. The number of nitrogens with two attached hydrogens (primary N) is 1. The van der Waals surface area contributed by atoms with E-state index in [9.17, 15) is 14.7 Å². The molecule has 0 fully saturated rings. The molecule has 0 aliphatic heterocycles. The second kappa shape index (κ2) is 7.68. The number of imidazole rings is 1. The van der Waals surface area contributed by atoms with Crippen LogP contribution in [0.25, 0.3) is 11.2 Å². The summed E-state index contributed by atoms with van der Waals surface area (Å²) in [5.74, 6) is -1.09. The Hall–Kier alpha value is -3.69. The molecule has 2 heterocycles. The van der Waals surface area contributed by atoms with E-state index in [1.807, 2.05) is 30.3 Å². The minimum absolute atomic E-state index is 0.0505. The Labute approximate surface area is 154 Å². The molecule has 1 amide bonds. The maximum absolute atomic E-state index is 12.1. The average Bonchev–Trinajstić information content (AvgIpc) is 3.05. The minimum Gasteiger partial charge on any atom is -0.480 e. The molecule has 1 aromatic carbocycles. The fourth-order valence-corrected chi connectivity index (χ4v) is 2.59. The number of carbonyl (C=O) groups is 2. The quantitative estimate of drug-likeness (QED) is 0.598. The summed E-state index contributed by atoms with van der Waals surface area (Å²) < 4.78 is 6.54. The van der Waals surface area contributed by atoms with Crippen molar-refractivity contribution < 1.29 is 19.4 Å². The van der Waals surface area contributed by atoms with Gasteiger partial charge in [0.15, 0.2) is 17.0 Å². The van der Waals surface area contributed by atoms with Gasteiger partial charge in [-0.2, -0.15) is 9.97 Å². The molecule has 10 heteroatoms. The zero-order valence-corrected chi connectivity index (χ0v) is 14.5. The van der Waals surface area contributed by atoms with E-state index in [2.05, 4.69) is 20.3 Å². The highest BCUT2D eigenvalue weighted by Gasteiger charge is 2.23. The third kappa shape index (κ3) is 3.94. The zero-order chi connectivity index (χ0) is 19.4. The number of hydrogen-bond donors (Lipinski definition) is 3. The molecule has 0 spiro atoms. The first-order valence-electron chi connectivity index (χ1n) is 8.20. The molecule has 0 saturated carbocycles. The van der Waals surface area contributed by atoms with Gasteiger partial charge in [-0.15, -0.1) is 0 Å². The van der Waals surface area contributed by atoms with Crippen LogP contribution in [0.5, 0.6) is 0 Å². The number of rotatable bonds is 6. The van der Waals surface area contributed by atoms with E-state index in [0.29, 0.717) is 6.42 Å². The Morgan fingerprint density at radius 1 is 1.30 bits per heavy atom. The van der Waals surface area contributed by atoms with Gasteiger partial charge in [0.25, 0.3) is 0 Å². The third-order valence-electron chi connectivity index (χ3n) is 3.88. The van der Waals surface area contributed by atoms with Gasteiger partial charge in [-0.3, -0.25) is 5.32 Å². The van der Waals surface area contributed by atoms with Gasteiger partial charge in [-0.25, -0.2) is 14.6 Å². The number of ether oxygens (including phenoxy) is 1. The van der Waals surface area contributed by atoms with Crippen molar-refractivity contribution in [3.8, 4) is 0 Å². The van der Waals surface area contributed by atoms with Crippen LogP contribution in [0, 0.1) is 0 Å². The number of nitrogen functional groups attached to an aromatic ring is 1. The molecule has 3 aromatic rings. The van der Waals surface area contributed by atoms with Crippen molar-refractivity contribution in [1.29, 1.82) is 0 Å². The molecule has 0 bridgehead atoms. The number of hydrogen-bond acceptors (Lipinski definition) is 7. The second-order valence-electron chi connectivity index (χ2n) is 5.70. The van der Waals surface area contributed by atoms with Crippen LogP contribution in [0.2, 0.25) is 0 Å². The van der Waals surface area contributed by atoms with Gasteiger partial charge >= 0.3 is 12.1 Å². The van der Waals surface area contributed by atoms with Gasteiger partial charge in [0.2, 0.25) is 5.95 Å². The monoisotopic (exact) mass is 370 g/mol. The van der Waals surface area contributed by atoms with Crippen LogP contribution in [0.1, 0.15) is 24.9 Å². The highest BCUT2D eigenvalue weighted by molar-refractivity contribution is 5.94. The molecule has 0 aliphatic rings. The highest BCUT2D eigenvalue weighted by atomic mass is 16.5. The van der Waals surface area contributed by atoms with Gasteiger partial charge in [0.05, 0.1) is 6.33 Å².